The van der Waals surface area contributed by atoms with Gasteiger partial charge in [-0.2, -0.15) is 0 Å². The van der Waals surface area contributed by atoms with Gasteiger partial charge >= 0.3 is 0 Å². The number of carbonyl (C=O) groups is 1. The van der Waals surface area contributed by atoms with Crippen LogP contribution in [0.1, 0.15) is 94.1 Å². The molecular weight excluding hydrogens is 749 g/mol. The van der Waals surface area contributed by atoms with E-state index in [0.29, 0.717) is 26.1 Å². The van der Waals surface area contributed by atoms with E-state index in [1.54, 1.807) is 7.11 Å². The number of ketones is 1. The fraction of sp³-hybridized carbons (Fsp3) is 0.596. The Balaban J connectivity index is 1.58. The average Bonchev–Trinajstić information content (AvgIpc) is 3.48. The molecule has 0 amide bonds. The van der Waals surface area contributed by atoms with Gasteiger partial charge in [0.25, 0.3) is 8.32 Å². The Hall–Kier alpha value is -2.68. The van der Waals surface area contributed by atoms with E-state index in [4.69, 9.17) is 27.8 Å². The monoisotopic (exact) mass is 820 g/mol. The molecule has 0 unspecified atom stereocenters. The number of hydrogen-bond donors (Lipinski definition) is 1. The molecule has 57 heavy (non-hydrogen) atoms. The van der Waals surface area contributed by atoms with E-state index in [9.17, 15) is 9.90 Å². The summed E-state index contributed by atoms with van der Waals surface area (Å²) in [5.74, 6) is -0.216. The van der Waals surface area contributed by atoms with Gasteiger partial charge in [-0.05, 0) is 89.8 Å². The second-order valence-corrected chi connectivity index (χ2v) is 28.3. The topological polar surface area (TPSA) is 92.7 Å². The Morgan fingerprint density at radius 3 is 1.91 bits per heavy atom. The van der Waals surface area contributed by atoms with E-state index in [2.05, 4.69) is 117 Å². The molecule has 1 saturated heterocycles. The average molecular weight is 821 g/mol. The van der Waals surface area contributed by atoms with Crippen molar-refractivity contribution < 1.29 is 37.7 Å². The fourth-order valence-corrected chi connectivity index (χ4v) is 13.8. The quantitative estimate of drug-likeness (QED) is 0.113. The van der Waals surface area contributed by atoms with Crippen LogP contribution < -0.4 is 15.1 Å². The second kappa shape index (κ2) is 19.6. The SMILES string of the molecule is COc1ccc(CO[C@@H](C(=O)C[C@@H](O)C[C@H](C)CO[Si](c2ccccc2)(c2ccccc2)C(C)(C)C)[C@@H](O[Si](C)(C)C(C)(C)C)[C@H](C)C[C@@H]2COC(C)(C)O2)cc1. The molecule has 0 aliphatic carbocycles. The van der Waals surface area contributed by atoms with E-state index >= 15 is 0 Å². The van der Waals surface area contributed by atoms with E-state index < -0.39 is 40.7 Å². The third-order valence-corrected chi connectivity index (χ3v) is 21.3. The Bertz CT molecular complexity index is 1630. The summed E-state index contributed by atoms with van der Waals surface area (Å²) in [6.45, 7) is 27.0. The molecule has 0 saturated carbocycles. The van der Waals surface area contributed by atoms with Crippen molar-refractivity contribution in [2.45, 2.75) is 148 Å². The summed E-state index contributed by atoms with van der Waals surface area (Å²) in [6, 6.07) is 28.8. The molecular formula is C47H72O8Si2. The molecule has 0 aromatic heterocycles. The van der Waals surface area contributed by atoms with E-state index in [0.717, 1.165) is 11.3 Å². The van der Waals surface area contributed by atoms with Crippen LogP contribution in [0.4, 0.5) is 0 Å². The zero-order valence-corrected chi connectivity index (χ0v) is 39.1. The molecule has 3 aromatic carbocycles. The zero-order valence-electron chi connectivity index (χ0n) is 37.1. The van der Waals surface area contributed by atoms with Crippen LogP contribution in [-0.2, 0) is 34.5 Å². The minimum absolute atomic E-state index is 0.0193. The number of ether oxygens (including phenoxy) is 4. The Morgan fingerprint density at radius 1 is 0.877 bits per heavy atom. The smallest absolute Gasteiger partial charge is 0.261 e. The summed E-state index contributed by atoms with van der Waals surface area (Å²) in [5.41, 5.74) is 0.913. The predicted molar refractivity (Wildman–Crippen MR) is 235 cm³/mol. The van der Waals surface area contributed by atoms with Crippen molar-refractivity contribution in [2.24, 2.45) is 11.8 Å². The van der Waals surface area contributed by atoms with Crippen molar-refractivity contribution in [1.82, 2.24) is 0 Å². The third kappa shape index (κ3) is 12.4. The number of carbonyl (C=O) groups excluding carboxylic acids is 1. The molecule has 1 heterocycles. The molecule has 1 N–H and O–H groups in total. The first-order valence-electron chi connectivity index (χ1n) is 20.8. The number of hydrogen-bond acceptors (Lipinski definition) is 8. The highest BCUT2D eigenvalue weighted by Crippen LogP contribution is 2.41. The van der Waals surface area contributed by atoms with Crippen LogP contribution in [0.3, 0.4) is 0 Å². The normalized spacial score (nSPS) is 19.1. The standard InChI is InChI=1S/C47H72O8Si2/c1-34(31-53-57(46(6,7)8,40-20-16-14-17-21-40)41-22-18-15-19-23-41)28-37(48)30-42(49)44(51-32-36-24-26-38(50-11)27-25-36)43(55-56(12,13)45(3,4)5)35(2)29-39-33-52-47(9,10)54-39/h14-27,34-35,37,39,43-44,48H,28-33H2,1-13H3/t34-,35+,37-,39+,43-,44-/m0/s1. The summed E-state index contributed by atoms with van der Waals surface area (Å²) < 4.78 is 38.5. The van der Waals surface area contributed by atoms with E-state index in [-0.39, 0.29) is 46.8 Å². The summed E-state index contributed by atoms with van der Waals surface area (Å²) in [4.78, 5) is 14.6. The highest BCUT2D eigenvalue weighted by atomic mass is 28.4. The fourth-order valence-electron chi connectivity index (χ4n) is 7.69. The van der Waals surface area contributed by atoms with Crippen LogP contribution in [-0.4, -0.2) is 78.1 Å². The van der Waals surface area contributed by atoms with Crippen LogP contribution in [0.2, 0.25) is 23.2 Å². The number of benzene rings is 3. The minimum Gasteiger partial charge on any atom is -0.497 e. The number of methoxy groups -OCH3 is 1. The van der Waals surface area contributed by atoms with Crippen LogP contribution in [0.15, 0.2) is 84.9 Å². The minimum atomic E-state index is -2.76. The van der Waals surface area contributed by atoms with Gasteiger partial charge in [0.1, 0.15) is 11.9 Å². The zero-order chi connectivity index (χ0) is 42.2. The maximum Gasteiger partial charge on any atom is 0.261 e. The first-order chi connectivity index (χ1) is 26.6. The molecule has 1 aliphatic rings. The summed E-state index contributed by atoms with van der Waals surface area (Å²) >= 11 is 0. The third-order valence-electron chi connectivity index (χ3n) is 11.8. The summed E-state index contributed by atoms with van der Waals surface area (Å²) in [5, 5.41) is 13.8. The van der Waals surface area contributed by atoms with Crippen LogP contribution in [0.25, 0.3) is 0 Å². The lowest BCUT2D eigenvalue weighted by Crippen LogP contribution is -2.66. The van der Waals surface area contributed by atoms with Crippen molar-refractivity contribution in [3.63, 3.8) is 0 Å². The molecule has 0 bridgehead atoms. The molecule has 10 heteroatoms. The first-order valence-corrected chi connectivity index (χ1v) is 25.6. The number of aliphatic hydroxyl groups excluding tert-OH is 1. The van der Waals surface area contributed by atoms with Gasteiger partial charge in [-0.15, -0.1) is 0 Å². The van der Waals surface area contributed by atoms with Gasteiger partial charge in [0.15, 0.2) is 19.9 Å². The maximum atomic E-state index is 14.6. The van der Waals surface area contributed by atoms with Crippen molar-refractivity contribution in [1.29, 1.82) is 0 Å². The lowest BCUT2D eigenvalue weighted by Gasteiger charge is -2.43. The molecule has 0 radical (unpaired) electrons. The van der Waals surface area contributed by atoms with Gasteiger partial charge in [-0.1, -0.05) is 128 Å². The maximum absolute atomic E-state index is 14.6. The van der Waals surface area contributed by atoms with Gasteiger partial charge in [-0.3, -0.25) is 4.79 Å². The van der Waals surface area contributed by atoms with Crippen LogP contribution in [0.5, 0.6) is 5.75 Å². The molecule has 1 aliphatic heterocycles. The van der Waals surface area contributed by atoms with Crippen molar-refractivity contribution >= 4 is 32.8 Å². The lowest BCUT2D eigenvalue weighted by molar-refractivity contribution is -0.149. The summed E-state index contributed by atoms with van der Waals surface area (Å²) in [7, 11) is -3.53. The Labute approximate surface area is 346 Å². The molecule has 4 rings (SSSR count). The number of Topliss-reactive ketones (excluding diaryl/α,β-unsaturated/α-hetero) is 1. The van der Waals surface area contributed by atoms with Crippen molar-refractivity contribution in [3.05, 3.63) is 90.5 Å². The Morgan fingerprint density at radius 2 is 1.44 bits per heavy atom. The molecule has 0 spiro atoms. The summed E-state index contributed by atoms with van der Waals surface area (Å²) in [6.07, 6.45) is -1.52. The lowest BCUT2D eigenvalue weighted by atomic mass is 9.89. The van der Waals surface area contributed by atoms with Crippen LogP contribution in [0, 0.1) is 11.8 Å². The highest BCUT2D eigenvalue weighted by Gasteiger charge is 2.50. The second-order valence-electron chi connectivity index (χ2n) is 19.2. The molecule has 3 aromatic rings. The highest BCUT2D eigenvalue weighted by molar-refractivity contribution is 6.99. The Kier molecular flexibility index (Phi) is 16.2. The molecule has 316 valence electrons. The van der Waals surface area contributed by atoms with Gasteiger partial charge in [0, 0.05) is 13.0 Å². The number of rotatable bonds is 20. The first kappa shape index (κ1) is 47.0. The van der Waals surface area contributed by atoms with Crippen molar-refractivity contribution in [2.75, 3.05) is 20.3 Å². The van der Waals surface area contributed by atoms with E-state index in [1.807, 2.05) is 50.2 Å². The van der Waals surface area contributed by atoms with Gasteiger partial charge in [0.2, 0.25) is 0 Å². The van der Waals surface area contributed by atoms with Gasteiger partial charge in [-0.25, -0.2) is 0 Å². The van der Waals surface area contributed by atoms with Gasteiger partial charge < -0.3 is 32.9 Å². The van der Waals surface area contributed by atoms with Gasteiger partial charge in [0.05, 0.1) is 38.6 Å². The molecule has 8 nitrogen and oxygen atoms in total. The predicted octanol–water partition coefficient (Wildman–Crippen LogP) is 9.07. The largest absolute Gasteiger partial charge is 0.497 e. The van der Waals surface area contributed by atoms with E-state index in [1.165, 1.54) is 10.4 Å². The van der Waals surface area contributed by atoms with Crippen molar-refractivity contribution in [3.8, 4) is 5.75 Å². The molecule has 1 fully saturated rings. The van der Waals surface area contributed by atoms with Crippen LogP contribution >= 0.6 is 0 Å². The molecule has 6 atom stereocenters. The number of aliphatic hydroxyl groups is 1.